The Morgan fingerprint density at radius 1 is 1.18 bits per heavy atom. The van der Waals surface area contributed by atoms with Gasteiger partial charge in [0.05, 0.1) is 24.3 Å². The monoisotopic (exact) mass is 298 g/mol. The number of carbonyl (C=O) groups excluding carboxylic acids is 1. The number of ether oxygens (including phenoxy) is 1. The van der Waals surface area contributed by atoms with Gasteiger partial charge in [-0.1, -0.05) is 36.4 Å². The Morgan fingerprint density at radius 3 is 2.45 bits per heavy atom. The summed E-state index contributed by atoms with van der Waals surface area (Å²) in [4.78, 5) is 18.7. The SMILES string of the molecule is CO[C@H](C)CC(=O)N(C)[C@@H](c1ccccc1)c1ccccn1. The van der Waals surface area contributed by atoms with Gasteiger partial charge in [0.2, 0.25) is 5.91 Å². The number of carbonyl (C=O) groups is 1. The Morgan fingerprint density at radius 2 is 1.86 bits per heavy atom. The van der Waals surface area contributed by atoms with Crippen LogP contribution in [-0.4, -0.2) is 36.1 Å². The Hall–Kier alpha value is -2.20. The van der Waals surface area contributed by atoms with Crippen molar-refractivity contribution in [2.24, 2.45) is 0 Å². The lowest BCUT2D eigenvalue weighted by atomic mass is 10.0. The molecular formula is C18H22N2O2. The zero-order valence-electron chi connectivity index (χ0n) is 13.3. The maximum Gasteiger partial charge on any atom is 0.225 e. The number of amides is 1. The molecule has 0 saturated carbocycles. The average molecular weight is 298 g/mol. The van der Waals surface area contributed by atoms with E-state index in [0.717, 1.165) is 11.3 Å². The molecule has 0 fully saturated rings. The highest BCUT2D eigenvalue weighted by atomic mass is 16.5. The van der Waals surface area contributed by atoms with Crippen molar-refractivity contribution < 1.29 is 9.53 Å². The van der Waals surface area contributed by atoms with Crippen LogP contribution in [0.3, 0.4) is 0 Å². The molecule has 0 radical (unpaired) electrons. The van der Waals surface area contributed by atoms with Crippen molar-refractivity contribution in [3.8, 4) is 0 Å². The molecule has 116 valence electrons. The van der Waals surface area contributed by atoms with E-state index in [9.17, 15) is 4.79 Å². The highest BCUT2D eigenvalue weighted by Crippen LogP contribution is 2.26. The zero-order valence-corrected chi connectivity index (χ0v) is 13.3. The van der Waals surface area contributed by atoms with Crippen LogP contribution in [0.25, 0.3) is 0 Å². The Kier molecular flexibility index (Phi) is 5.67. The second-order valence-corrected chi connectivity index (χ2v) is 5.32. The predicted octanol–water partition coefficient (Wildman–Crippen LogP) is 3.05. The number of rotatable bonds is 6. The first-order chi connectivity index (χ1) is 10.6. The summed E-state index contributed by atoms with van der Waals surface area (Å²) in [6.07, 6.45) is 2.00. The fourth-order valence-corrected chi connectivity index (χ4v) is 2.38. The van der Waals surface area contributed by atoms with Crippen molar-refractivity contribution in [1.82, 2.24) is 9.88 Å². The van der Waals surface area contributed by atoms with Gasteiger partial charge in [0.15, 0.2) is 0 Å². The van der Waals surface area contributed by atoms with E-state index in [2.05, 4.69) is 4.98 Å². The number of hydrogen-bond acceptors (Lipinski definition) is 3. The molecule has 0 N–H and O–H groups in total. The Labute approximate surface area is 131 Å². The van der Waals surface area contributed by atoms with Gasteiger partial charge < -0.3 is 9.64 Å². The number of benzene rings is 1. The maximum absolute atomic E-state index is 12.5. The van der Waals surface area contributed by atoms with Gasteiger partial charge in [0, 0.05) is 20.4 Å². The van der Waals surface area contributed by atoms with E-state index in [4.69, 9.17) is 4.74 Å². The summed E-state index contributed by atoms with van der Waals surface area (Å²) in [6, 6.07) is 15.5. The van der Waals surface area contributed by atoms with Crippen molar-refractivity contribution >= 4 is 5.91 Å². The van der Waals surface area contributed by atoms with Gasteiger partial charge >= 0.3 is 0 Å². The summed E-state index contributed by atoms with van der Waals surface area (Å²) in [5, 5.41) is 0. The third kappa shape index (κ3) is 3.92. The summed E-state index contributed by atoms with van der Waals surface area (Å²) in [6.45, 7) is 1.89. The normalized spacial score (nSPS) is 13.4. The molecule has 0 aliphatic heterocycles. The number of nitrogens with zero attached hydrogens (tertiary/aromatic N) is 2. The standard InChI is InChI=1S/C18H22N2O2/c1-14(22-3)13-17(21)20(2)18(15-9-5-4-6-10-15)16-11-7-8-12-19-16/h4-12,14,18H,13H2,1-3H3/t14-,18+/m1/s1. The van der Waals surface area contributed by atoms with Gasteiger partial charge in [0.25, 0.3) is 0 Å². The molecule has 2 atom stereocenters. The molecule has 1 heterocycles. The van der Waals surface area contributed by atoms with Crippen LogP contribution in [0.5, 0.6) is 0 Å². The van der Waals surface area contributed by atoms with Crippen molar-refractivity contribution in [3.05, 3.63) is 66.0 Å². The lowest BCUT2D eigenvalue weighted by Gasteiger charge is -2.29. The molecule has 0 unspecified atom stereocenters. The van der Waals surface area contributed by atoms with Gasteiger partial charge in [-0.15, -0.1) is 0 Å². The largest absolute Gasteiger partial charge is 0.381 e. The van der Waals surface area contributed by atoms with Crippen LogP contribution in [0.1, 0.15) is 30.6 Å². The van der Waals surface area contributed by atoms with E-state index in [0.29, 0.717) is 6.42 Å². The topological polar surface area (TPSA) is 42.4 Å². The second-order valence-electron chi connectivity index (χ2n) is 5.32. The molecule has 0 spiro atoms. The van der Waals surface area contributed by atoms with Crippen LogP contribution >= 0.6 is 0 Å². The average Bonchev–Trinajstić information content (AvgIpc) is 2.56. The van der Waals surface area contributed by atoms with Crippen LogP contribution in [0.2, 0.25) is 0 Å². The summed E-state index contributed by atoms with van der Waals surface area (Å²) < 4.78 is 5.20. The van der Waals surface area contributed by atoms with Gasteiger partial charge in [-0.3, -0.25) is 9.78 Å². The smallest absolute Gasteiger partial charge is 0.225 e. The zero-order chi connectivity index (χ0) is 15.9. The van der Waals surface area contributed by atoms with E-state index in [1.807, 2.05) is 62.5 Å². The highest BCUT2D eigenvalue weighted by Gasteiger charge is 2.25. The molecule has 4 nitrogen and oxygen atoms in total. The van der Waals surface area contributed by atoms with Crippen LogP contribution < -0.4 is 0 Å². The van der Waals surface area contributed by atoms with E-state index in [1.165, 1.54) is 0 Å². The third-order valence-corrected chi connectivity index (χ3v) is 3.73. The predicted molar refractivity (Wildman–Crippen MR) is 86.4 cm³/mol. The molecule has 1 amide bonds. The summed E-state index contributed by atoms with van der Waals surface area (Å²) in [5.41, 5.74) is 1.90. The van der Waals surface area contributed by atoms with Crippen molar-refractivity contribution in [2.75, 3.05) is 14.2 Å². The summed E-state index contributed by atoms with van der Waals surface area (Å²) >= 11 is 0. The minimum absolute atomic E-state index is 0.0360. The van der Waals surface area contributed by atoms with Crippen LogP contribution in [-0.2, 0) is 9.53 Å². The third-order valence-electron chi connectivity index (χ3n) is 3.73. The van der Waals surface area contributed by atoms with Crippen LogP contribution in [0.4, 0.5) is 0 Å². The van der Waals surface area contributed by atoms with Gasteiger partial charge in [0.1, 0.15) is 0 Å². The minimum Gasteiger partial charge on any atom is -0.381 e. The molecule has 0 saturated heterocycles. The fourth-order valence-electron chi connectivity index (χ4n) is 2.38. The van der Waals surface area contributed by atoms with Crippen molar-refractivity contribution in [2.45, 2.75) is 25.5 Å². The highest BCUT2D eigenvalue weighted by molar-refractivity contribution is 5.77. The Balaban J connectivity index is 2.31. The van der Waals surface area contributed by atoms with Crippen LogP contribution in [0, 0.1) is 0 Å². The minimum atomic E-state index is -0.195. The number of pyridine rings is 1. The fraction of sp³-hybridized carbons (Fsp3) is 0.333. The molecule has 0 bridgehead atoms. The van der Waals surface area contributed by atoms with E-state index < -0.39 is 0 Å². The Bertz CT molecular complexity index is 547. The van der Waals surface area contributed by atoms with Crippen molar-refractivity contribution in [3.63, 3.8) is 0 Å². The number of hydrogen-bond donors (Lipinski definition) is 0. The van der Waals surface area contributed by atoms with Gasteiger partial charge in [-0.25, -0.2) is 0 Å². The first-order valence-electron chi connectivity index (χ1n) is 7.37. The van der Waals surface area contributed by atoms with Gasteiger partial charge in [-0.05, 0) is 24.6 Å². The molecule has 2 aromatic rings. The first-order valence-corrected chi connectivity index (χ1v) is 7.37. The lowest BCUT2D eigenvalue weighted by Crippen LogP contribution is -2.34. The summed E-state index contributed by atoms with van der Waals surface area (Å²) in [5.74, 6) is 0.0360. The van der Waals surface area contributed by atoms with E-state index >= 15 is 0 Å². The molecule has 0 aliphatic carbocycles. The number of aromatic nitrogens is 1. The first kappa shape index (κ1) is 16.2. The molecular weight excluding hydrogens is 276 g/mol. The maximum atomic E-state index is 12.5. The number of methoxy groups -OCH3 is 1. The van der Waals surface area contributed by atoms with E-state index in [1.54, 1.807) is 18.2 Å². The van der Waals surface area contributed by atoms with E-state index in [-0.39, 0.29) is 18.1 Å². The molecule has 2 rings (SSSR count). The molecule has 1 aromatic heterocycles. The van der Waals surface area contributed by atoms with Gasteiger partial charge in [-0.2, -0.15) is 0 Å². The molecule has 4 heteroatoms. The lowest BCUT2D eigenvalue weighted by molar-refractivity contribution is -0.133. The molecule has 22 heavy (non-hydrogen) atoms. The second kappa shape index (κ2) is 7.71. The van der Waals surface area contributed by atoms with Crippen molar-refractivity contribution in [1.29, 1.82) is 0 Å². The molecule has 1 aromatic carbocycles. The molecule has 0 aliphatic rings. The van der Waals surface area contributed by atoms with Crippen LogP contribution in [0.15, 0.2) is 54.7 Å². The summed E-state index contributed by atoms with van der Waals surface area (Å²) in [7, 11) is 3.43. The quantitative estimate of drug-likeness (QED) is 0.823.